The van der Waals surface area contributed by atoms with Crippen molar-refractivity contribution in [3.8, 4) is 0 Å². The summed E-state index contributed by atoms with van der Waals surface area (Å²) >= 11 is 3.52. The summed E-state index contributed by atoms with van der Waals surface area (Å²) in [5, 5.41) is -0.253. The zero-order chi connectivity index (χ0) is 7.82. The molecule has 0 bridgehead atoms. The second-order valence-electron chi connectivity index (χ2n) is 1.64. The lowest BCUT2D eigenvalue weighted by Crippen LogP contribution is -2.08. The zero-order valence-corrected chi connectivity index (χ0v) is 6.89. The minimum atomic E-state index is -0.253. The van der Waals surface area contributed by atoms with Crippen LogP contribution in [0.5, 0.6) is 0 Å². The molecule has 0 aliphatic rings. The number of hydrogen-bond acceptors (Lipinski definition) is 3. The van der Waals surface area contributed by atoms with Gasteiger partial charge in [-0.25, -0.2) is 0 Å². The Balaban J connectivity index is 2.84. The molecular weight excluding hydrogens is 152 g/mol. The fraction of sp³-hybridized carbons (Fsp3) is 0.833. The van der Waals surface area contributed by atoms with Gasteiger partial charge in [-0.3, -0.25) is 4.79 Å². The molecule has 0 aliphatic carbocycles. The number of hydrogen-bond donors (Lipinski definition) is 1. The third kappa shape index (κ3) is 7.94. The van der Waals surface area contributed by atoms with E-state index in [0.717, 1.165) is 0 Å². The maximum absolute atomic E-state index is 10.2. The highest BCUT2D eigenvalue weighted by molar-refractivity contribution is 7.96. The zero-order valence-electron chi connectivity index (χ0n) is 6.00. The van der Waals surface area contributed by atoms with Gasteiger partial charge in [0.1, 0.15) is 6.61 Å². The number of ether oxygens (including phenoxy) is 2. The smallest absolute Gasteiger partial charge is 0.211 e. The molecule has 0 atom stereocenters. The molecule has 0 aromatic rings. The van der Waals surface area contributed by atoms with E-state index in [1.807, 2.05) is 6.92 Å². The average Bonchev–Trinajstić information content (AvgIpc) is 1.87. The van der Waals surface area contributed by atoms with Crippen LogP contribution in [-0.4, -0.2) is 31.5 Å². The van der Waals surface area contributed by atoms with Gasteiger partial charge in [0.05, 0.1) is 13.2 Å². The molecule has 3 nitrogen and oxygen atoms in total. The number of carbonyl (C=O) groups excluding carboxylic acids is 1. The predicted octanol–water partition coefficient (Wildman–Crippen LogP) is 0.496. The van der Waals surface area contributed by atoms with E-state index in [4.69, 9.17) is 9.47 Å². The van der Waals surface area contributed by atoms with Gasteiger partial charge in [0.15, 0.2) is 0 Å². The average molecular weight is 164 g/mol. The first-order chi connectivity index (χ1) is 4.77. The van der Waals surface area contributed by atoms with Gasteiger partial charge in [0, 0.05) is 6.61 Å². The Morgan fingerprint density at radius 3 is 2.50 bits per heavy atom. The normalized spacial score (nSPS) is 9.80. The Labute approximate surface area is 66.1 Å². The van der Waals surface area contributed by atoms with Crippen LogP contribution >= 0.6 is 12.6 Å². The molecule has 0 saturated heterocycles. The van der Waals surface area contributed by atoms with E-state index in [2.05, 4.69) is 12.6 Å². The highest BCUT2D eigenvalue weighted by atomic mass is 32.1. The van der Waals surface area contributed by atoms with Crippen LogP contribution < -0.4 is 0 Å². The van der Waals surface area contributed by atoms with E-state index in [1.165, 1.54) is 0 Å². The van der Waals surface area contributed by atoms with Crippen molar-refractivity contribution in [1.82, 2.24) is 0 Å². The highest BCUT2D eigenvalue weighted by Crippen LogP contribution is 1.82. The molecule has 0 aromatic heterocycles. The Morgan fingerprint density at radius 2 is 2.00 bits per heavy atom. The van der Waals surface area contributed by atoms with Crippen LogP contribution in [-0.2, 0) is 14.3 Å². The van der Waals surface area contributed by atoms with Crippen molar-refractivity contribution in [3.63, 3.8) is 0 Å². The minimum absolute atomic E-state index is 0.0657. The molecule has 0 unspecified atom stereocenters. The molecule has 60 valence electrons. The fourth-order valence-electron chi connectivity index (χ4n) is 0.422. The molecule has 10 heavy (non-hydrogen) atoms. The van der Waals surface area contributed by atoms with Crippen LogP contribution in [0.3, 0.4) is 0 Å². The van der Waals surface area contributed by atoms with Crippen molar-refractivity contribution in [2.24, 2.45) is 0 Å². The number of carbonyl (C=O) groups is 1. The molecule has 0 spiro atoms. The van der Waals surface area contributed by atoms with Crippen LogP contribution in [0.25, 0.3) is 0 Å². The third-order valence-corrected chi connectivity index (χ3v) is 0.931. The summed E-state index contributed by atoms with van der Waals surface area (Å²) in [5.41, 5.74) is 0. The molecule has 4 heteroatoms. The van der Waals surface area contributed by atoms with E-state index >= 15 is 0 Å². The molecule has 0 fully saturated rings. The largest absolute Gasteiger partial charge is 0.379 e. The summed E-state index contributed by atoms with van der Waals surface area (Å²) in [5.74, 6) is 0. The van der Waals surface area contributed by atoms with Crippen LogP contribution in [0.4, 0.5) is 0 Å². The van der Waals surface area contributed by atoms with Gasteiger partial charge < -0.3 is 9.47 Å². The monoisotopic (exact) mass is 164 g/mol. The third-order valence-electron chi connectivity index (χ3n) is 0.802. The maximum atomic E-state index is 10.2. The quantitative estimate of drug-likeness (QED) is 0.458. The first kappa shape index (κ1) is 9.94. The van der Waals surface area contributed by atoms with Crippen molar-refractivity contribution < 1.29 is 14.3 Å². The van der Waals surface area contributed by atoms with Gasteiger partial charge in [-0.15, -0.1) is 12.6 Å². The van der Waals surface area contributed by atoms with Crippen molar-refractivity contribution in [2.45, 2.75) is 6.92 Å². The lowest BCUT2D eigenvalue weighted by molar-refractivity contribution is -0.115. The van der Waals surface area contributed by atoms with E-state index in [9.17, 15) is 4.79 Å². The Bertz CT molecular complexity index is 95.0. The van der Waals surface area contributed by atoms with Gasteiger partial charge >= 0.3 is 0 Å². The second-order valence-corrected chi connectivity index (χ2v) is 2.14. The van der Waals surface area contributed by atoms with E-state index < -0.39 is 0 Å². The van der Waals surface area contributed by atoms with Crippen LogP contribution in [0.15, 0.2) is 0 Å². The molecule has 0 aliphatic heterocycles. The van der Waals surface area contributed by atoms with E-state index in [1.54, 1.807) is 0 Å². The van der Waals surface area contributed by atoms with Gasteiger partial charge in [-0.1, -0.05) is 0 Å². The predicted molar refractivity (Wildman–Crippen MR) is 41.3 cm³/mol. The topological polar surface area (TPSA) is 35.5 Å². The molecular formula is C6H12O3S. The van der Waals surface area contributed by atoms with Gasteiger partial charge in [-0.05, 0) is 6.92 Å². The van der Waals surface area contributed by atoms with E-state index in [-0.39, 0.29) is 11.7 Å². The number of rotatable bonds is 6. The summed E-state index contributed by atoms with van der Waals surface area (Å²) in [6.45, 7) is 3.65. The number of thiol groups is 1. The van der Waals surface area contributed by atoms with Crippen molar-refractivity contribution >= 4 is 17.7 Å². The van der Waals surface area contributed by atoms with Crippen molar-refractivity contribution in [2.75, 3.05) is 26.4 Å². The summed E-state index contributed by atoms with van der Waals surface area (Å²) < 4.78 is 9.80. The fourth-order valence-corrected chi connectivity index (χ4v) is 0.513. The van der Waals surface area contributed by atoms with Crippen LogP contribution in [0, 0.1) is 0 Å². The first-order valence-electron chi connectivity index (χ1n) is 3.14. The molecule has 0 rings (SSSR count). The lowest BCUT2D eigenvalue weighted by Gasteiger charge is -2.00. The Kier molecular flexibility index (Phi) is 7.01. The molecule has 0 heterocycles. The minimum Gasteiger partial charge on any atom is -0.379 e. The first-order valence-corrected chi connectivity index (χ1v) is 3.59. The van der Waals surface area contributed by atoms with Crippen LogP contribution in [0.1, 0.15) is 6.92 Å². The Hall–Kier alpha value is -0.0600. The SMILES string of the molecule is CCOCCOCC(=O)S. The summed E-state index contributed by atoms with van der Waals surface area (Å²) in [6.07, 6.45) is 0. The molecule has 0 aromatic carbocycles. The Morgan fingerprint density at radius 1 is 1.40 bits per heavy atom. The summed E-state index contributed by atoms with van der Waals surface area (Å²) in [4.78, 5) is 10.2. The second kappa shape index (κ2) is 7.05. The molecule has 0 N–H and O–H groups in total. The van der Waals surface area contributed by atoms with Gasteiger partial charge in [0.25, 0.3) is 0 Å². The van der Waals surface area contributed by atoms with Gasteiger partial charge in [0.2, 0.25) is 5.12 Å². The van der Waals surface area contributed by atoms with E-state index in [0.29, 0.717) is 19.8 Å². The summed E-state index contributed by atoms with van der Waals surface area (Å²) in [6, 6.07) is 0. The molecule has 0 saturated carbocycles. The van der Waals surface area contributed by atoms with Crippen molar-refractivity contribution in [3.05, 3.63) is 0 Å². The lowest BCUT2D eigenvalue weighted by atomic mass is 10.7. The highest BCUT2D eigenvalue weighted by Gasteiger charge is 1.92. The van der Waals surface area contributed by atoms with Crippen molar-refractivity contribution in [1.29, 1.82) is 0 Å². The standard InChI is InChI=1S/C6H12O3S/c1-2-8-3-4-9-5-6(7)10/h2-5H2,1H3,(H,7,10). The summed E-state index contributed by atoms with van der Waals surface area (Å²) in [7, 11) is 0. The van der Waals surface area contributed by atoms with Gasteiger partial charge in [-0.2, -0.15) is 0 Å². The molecule has 0 amide bonds. The molecule has 0 radical (unpaired) electrons. The maximum Gasteiger partial charge on any atom is 0.211 e. The van der Waals surface area contributed by atoms with Crippen LogP contribution in [0.2, 0.25) is 0 Å².